The van der Waals surface area contributed by atoms with Gasteiger partial charge >= 0.3 is 0 Å². The van der Waals surface area contributed by atoms with Crippen LogP contribution in [0.25, 0.3) is 0 Å². The van der Waals surface area contributed by atoms with Crippen LogP contribution in [-0.2, 0) is 6.54 Å². The summed E-state index contributed by atoms with van der Waals surface area (Å²) in [7, 11) is 0. The smallest absolute Gasteiger partial charge is 0.183 e. The molecule has 0 aliphatic rings. The summed E-state index contributed by atoms with van der Waals surface area (Å²) in [6.07, 6.45) is 0. The molecular formula is C11H7Br3INO. The van der Waals surface area contributed by atoms with Crippen LogP contribution in [0.2, 0.25) is 0 Å². The standard InChI is InChI=1S/C11H7Br3INO/c12-8-3-6(1-2-10(8)15)16-5-7-4-9(13)11(14)17-7/h1-4,16H,5H2. The normalized spacial score (nSPS) is 10.6. The van der Waals surface area contributed by atoms with Gasteiger partial charge in [0, 0.05) is 13.7 Å². The molecule has 0 aliphatic heterocycles. The average Bonchev–Trinajstić information content (AvgIpc) is 2.60. The molecule has 0 amide bonds. The van der Waals surface area contributed by atoms with Crippen molar-refractivity contribution >= 4 is 76.1 Å². The van der Waals surface area contributed by atoms with E-state index in [2.05, 4.69) is 87.8 Å². The lowest BCUT2D eigenvalue weighted by molar-refractivity contribution is 0.494. The molecular weight excluding hydrogens is 529 g/mol. The molecule has 90 valence electrons. The molecule has 2 nitrogen and oxygen atoms in total. The summed E-state index contributed by atoms with van der Waals surface area (Å²) in [5, 5.41) is 3.30. The molecule has 0 fully saturated rings. The van der Waals surface area contributed by atoms with E-state index in [0.717, 1.165) is 25.1 Å². The Morgan fingerprint density at radius 1 is 1.12 bits per heavy atom. The number of halogens is 4. The topological polar surface area (TPSA) is 25.2 Å². The molecule has 1 aromatic carbocycles. The average molecular weight is 536 g/mol. The lowest BCUT2D eigenvalue weighted by Crippen LogP contribution is -1.98. The zero-order valence-corrected chi connectivity index (χ0v) is 15.4. The molecule has 17 heavy (non-hydrogen) atoms. The van der Waals surface area contributed by atoms with Crippen LogP contribution < -0.4 is 5.32 Å². The molecule has 1 N–H and O–H groups in total. The molecule has 0 unspecified atom stereocenters. The Labute approximate surface area is 138 Å². The van der Waals surface area contributed by atoms with Gasteiger partial charge in [0.25, 0.3) is 0 Å². The Morgan fingerprint density at radius 3 is 2.47 bits per heavy atom. The fourth-order valence-corrected chi connectivity index (χ4v) is 2.65. The second-order valence-electron chi connectivity index (χ2n) is 3.32. The van der Waals surface area contributed by atoms with Gasteiger partial charge in [0.15, 0.2) is 4.67 Å². The van der Waals surface area contributed by atoms with Gasteiger partial charge in [-0.05, 0) is 94.6 Å². The second-order valence-corrected chi connectivity index (χ2v) is 6.91. The van der Waals surface area contributed by atoms with Gasteiger partial charge < -0.3 is 9.73 Å². The molecule has 0 aliphatic carbocycles. The van der Waals surface area contributed by atoms with Crippen molar-refractivity contribution in [2.45, 2.75) is 6.54 Å². The highest BCUT2D eigenvalue weighted by atomic mass is 127. The van der Waals surface area contributed by atoms with Crippen LogP contribution in [0.5, 0.6) is 0 Å². The number of rotatable bonds is 3. The van der Waals surface area contributed by atoms with Gasteiger partial charge in [-0.15, -0.1) is 0 Å². The van der Waals surface area contributed by atoms with E-state index in [4.69, 9.17) is 4.42 Å². The van der Waals surface area contributed by atoms with E-state index >= 15 is 0 Å². The molecule has 0 bridgehead atoms. The minimum atomic E-state index is 0.650. The van der Waals surface area contributed by atoms with E-state index < -0.39 is 0 Å². The van der Waals surface area contributed by atoms with Crippen molar-refractivity contribution in [2.24, 2.45) is 0 Å². The predicted molar refractivity (Wildman–Crippen MR) is 88.3 cm³/mol. The van der Waals surface area contributed by atoms with Gasteiger partial charge in [-0.3, -0.25) is 0 Å². The first-order chi connectivity index (χ1) is 8.06. The second kappa shape index (κ2) is 6.08. The molecule has 1 aromatic heterocycles. The van der Waals surface area contributed by atoms with Crippen LogP contribution in [0.4, 0.5) is 5.69 Å². The van der Waals surface area contributed by atoms with Gasteiger partial charge in [-0.25, -0.2) is 0 Å². The quantitative estimate of drug-likeness (QED) is 0.504. The van der Waals surface area contributed by atoms with E-state index in [0.29, 0.717) is 6.54 Å². The third-order valence-corrected chi connectivity index (χ3v) is 6.13. The summed E-state index contributed by atoms with van der Waals surface area (Å²) in [6.45, 7) is 0.650. The summed E-state index contributed by atoms with van der Waals surface area (Å²) in [6, 6.07) is 8.09. The first-order valence-electron chi connectivity index (χ1n) is 4.69. The van der Waals surface area contributed by atoms with Crippen molar-refractivity contribution in [1.82, 2.24) is 0 Å². The van der Waals surface area contributed by atoms with Crippen LogP contribution in [0.1, 0.15) is 5.76 Å². The Kier molecular flexibility index (Phi) is 4.96. The highest BCUT2D eigenvalue weighted by Crippen LogP contribution is 2.28. The number of nitrogens with one attached hydrogen (secondary N) is 1. The number of hydrogen-bond donors (Lipinski definition) is 1. The Balaban J connectivity index is 2.04. The molecule has 2 rings (SSSR count). The zero-order valence-electron chi connectivity index (χ0n) is 8.44. The minimum absolute atomic E-state index is 0.650. The largest absolute Gasteiger partial charge is 0.451 e. The molecule has 1 heterocycles. The van der Waals surface area contributed by atoms with E-state index in [9.17, 15) is 0 Å². The lowest BCUT2D eigenvalue weighted by Gasteiger charge is -2.05. The van der Waals surface area contributed by atoms with Gasteiger partial charge in [0.1, 0.15) is 5.76 Å². The van der Waals surface area contributed by atoms with Crippen molar-refractivity contribution in [3.05, 3.63) is 47.2 Å². The van der Waals surface area contributed by atoms with Crippen molar-refractivity contribution in [3.63, 3.8) is 0 Å². The van der Waals surface area contributed by atoms with Crippen molar-refractivity contribution in [1.29, 1.82) is 0 Å². The highest BCUT2D eigenvalue weighted by molar-refractivity contribution is 14.1. The van der Waals surface area contributed by atoms with Crippen LogP contribution in [0.15, 0.2) is 42.3 Å². The third kappa shape index (κ3) is 3.71. The van der Waals surface area contributed by atoms with E-state index in [1.165, 1.54) is 3.57 Å². The van der Waals surface area contributed by atoms with Crippen molar-refractivity contribution in [2.75, 3.05) is 5.32 Å². The maximum Gasteiger partial charge on any atom is 0.183 e. The maximum absolute atomic E-state index is 5.48. The van der Waals surface area contributed by atoms with Crippen molar-refractivity contribution in [3.8, 4) is 0 Å². The Bertz CT molecular complexity index is 522. The molecule has 0 atom stereocenters. The number of anilines is 1. The number of hydrogen-bond acceptors (Lipinski definition) is 2. The number of benzene rings is 1. The SMILES string of the molecule is Brc1cc(NCc2cc(Br)c(Br)o2)ccc1I. The predicted octanol–water partition coefficient (Wildman–Crippen LogP) is 5.78. The Morgan fingerprint density at radius 2 is 1.88 bits per heavy atom. The number of furan rings is 1. The van der Waals surface area contributed by atoms with Gasteiger partial charge in [0.2, 0.25) is 0 Å². The van der Waals surface area contributed by atoms with Gasteiger partial charge in [-0.2, -0.15) is 0 Å². The van der Waals surface area contributed by atoms with Crippen LogP contribution in [0, 0.1) is 3.57 Å². The fraction of sp³-hybridized carbons (Fsp3) is 0.0909. The summed E-state index contributed by atoms with van der Waals surface area (Å²) in [5.41, 5.74) is 1.06. The van der Waals surface area contributed by atoms with Gasteiger partial charge in [0.05, 0.1) is 11.0 Å². The first kappa shape index (κ1) is 13.9. The fourth-order valence-electron chi connectivity index (χ4n) is 1.27. The molecule has 2 aromatic rings. The minimum Gasteiger partial charge on any atom is -0.451 e. The molecule has 6 heteroatoms. The molecule has 0 saturated heterocycles. The van der Waals surface area contributed by atoms with E-state index in [1.807, 2.05) is 12.1 Å². The first-order valence-corrected chi connectivity index (χ1v) is 8.14. The van der Waals surface area contributed by atoms with E-state index in [1.54, 1.807) is 0 Å². The molecule has 0 saturated carbocycles. The maximum atomic E-state index is 5.48. The monoisotopic (exact) mass is 533 g/mol. The van der Waals surface area contributed by atoms with Gasteiger partial charge in [-0.1, -0.05) is 0 Å². The van der Waals surface area contributed by atoms with E-state index in [-0.39, 0.29) is 0 Å². The summed E-state index contributed by atoms with van der Waals surface area (Å²) < 4.78 is 9.41. The summed E-state index contributed by atoms with van der Waals surface area (Å²) in [5.74, 6) is 0.874. The lowest BCUT2D eigenvalue weighted by atomic mass is 10.3. The highest BCUT2D eigenvalue weighted by Gasteiger charge is 2.06. The Hall–Kier alpha value is 0.470. The van der Waals surface area contributed by atoms with Crippen LogP contribution >= 0.6 is 70.4 Å². The zero-order chi connectivity index (χ0) is 12.4. The summed E-state index contributed by atoms with van der Waals surface area (Å²) >= 11 is 12.5. The van der Waals surface area contributed by atoms with Crippen LogP contribution in [0.3, 0.4) is 0 Å². The summed E-state index contributed by atoms with van der Waals surface area (Å²) in [4.78, 5) is 0. The molecule has 0 spiro atoms. The third-order valence-electron chi connectivity index (χ3n) is 2.08. The van der Waals surface area contributed by atoms with Crippen molar-refractivity contribution < 1.29 is 4.42 Å². The molecule has 0 radical (unpaired) electrons. The van der Waals surface area contributed by atoms with Crippen LogP contribution in [-0.4, -0.2) is 0 Å².